The van der Waals surface area contributed by atoms with Gasteiger partial charge in [0.05, 0.1) is 17.7 Å². The van der Waals surface area contributed by atoms with Crippen molar-refractivity contribution in [2.75, 3.05) is 19.7 Å². The average Bonchev–Trinajstić information content (AvgIpc) is 2.73. The molecule has 1 aromatic heterocycles. The molecule has 1 N–H and O–H groups in total. The van der Waals surface area contributed by atoms with Gasteiger partial charge < -0.3 is 15.0 Å². The van der Waals surface area contributed by atoms with E-state index in [2.05, 4.69) is 17.2 Å². The highest BCUT2D eigenvalue weighted by Crippen LogP contribution is 2.30. The van der Waals surface area contributed by atoms with E-state index in [1.165, 1.54) is 6.42 Å². The summed E-state index contributed by atoms with van der Waals surface area (Å²) in [5.41, 5.74) is 1.32. The molecule has 6 heteroatoms. The number of aromatic nitrogens is 1. The molecule has 1 saturated carbocycles. The van der Waals surface area contributed by atoms with Crippen LogP contribution in [0.3, 0.4) is 0 Å². The lowest BCUT2D eigenvalue weighted by molar-refractivity contribution is -0.140. The van der Waals surface area contributed by atoms with Crippen LogP contribution in [-0.4, -0.2) is 53.5 Å². The molecule has 3 atom stereocenters. The summed E-state index contributed by atoms with van der Waals surface area (Å²) in [5, 5.41) is 3.15. The number of likely N-dealkylation sites (tertiary alicyclic amines) is 1. The number of carbonyl (C=O) groups is 2. The molecule has 1 aliphatic heterocycles. The van der Waals surface area contributed by atoms with Crippen LogP contribution in [-0.2, 0) is 9.53 Å². The van der Waals surface area contributed by atoms with Gasteiger partial charge >= 0.3 is 0 Å². The Labute approximate surface area is 168 Å². The minimum absolute atomic E-state index is 0.00763. The maximum atomic E-state index is 12.9. The number of rotatable bonds is 6. The number of nitrogens with one attached hydrogen (secondary N) is 1. The third kappa shape index (κ3) is 5.10. The van der Waals surface area contributed by atoms with Crippen LogP contribution in [0.15, 0.2) is 18.3 Å². The molecule has 2 heterocycles. The number of pyridine rings is 1. The van der Waals surface area contributed by atoms with Gasteiger partial charge in [0, 0.05) is 37.5 Å². The monoisotopic (exact) mass is 387 g/mol. The molecule has 1 aromatic rings. The van der Waals surface area contributed by atoms with Crippen molar-refractivity contribution in [2.45, 2.75) is 70.9 Å². The molecule has 2 amide bonds. The molecular weight excluding hydrogens is 354 g/mol. The Morgan fingerprint density at radius 3 is 2.75 bits per heavy atom. The van der Waals surface area contributed by atoms with Crippen molar-refractivity contribution in [3.05, 3.63) is 29.6 Å². The van der Waals surface area contributed by atoms with E-state index in [0.717, 1.165) is 50.9 Å². The number of piperidine rings is 1. The minimum atomic E-state index is -0.117. The lowest BCUT2D eigenvalue weighted by atomic mass is 9.82. The summed E-state index contributed by atoms with van der Waals surface area (Å²) < 4.78 is 6.08. The van der Waals surface area contributed by atoms with Crippen molar-refractivity contribution in [1.29, 1.82) is 0 Å². The highest BCUT2D eigenvalue weighted by molar-refractivity contribution is 5.95. The molecule has 154 valence electrons. The predicted octanol–water partition coefficient (Wildman–Crippen LogP) is 3.10. The number of hydrogen-bond donors (Lipinski definition) is 1. The van der Waals surface area contributed by atoms with Crippen LogP contribution in [0.25, 0.3) is 0 Å². The second-order valence-corrected chi connectivity index (χ2v) is 8.02. The number of amides is 2. The molecule has 0 aromatic carbocycles. The molecular formula is C22H33N3O3. The summed E-state index contributed by atoms with van der Waals surface area (Å²) in [7, 11) is 0. The summed E-state index contributed by atoms with van der Waals surface area (Å²) in [6, 6.07) is 3.51. The first-order chi connectivity index (χ1) is 13.6. The van der Waals surface area contributed by atoms with Crippen LogP contribution in [0.2, 0.25) is 0 Å². The van der Waals surface area contributed by atoms with E-state index in [-0.39, 0.29) is 29.9 Å². The van der Waals surface area contributed by atoms with Crippen LogP contribution in [0.4, 0.5) is 0 Å². The zero-order valence-electron chi connectivity index (χ0n) is 17.2. The van der Waals surface area contributed by atoms with Gasteiger partial charge in [0.25, 0.3) is 5.91 Å². The summed E-state index contributed by atoms with van der Waals surface area (Å²) in [5.74, 6) is 0.174. The molecule has 1 saturated heterocycles. The molecule has 6 nitrogen and oxygen atoms in total. The normalized spacial score (nSPS) is 25.4. The van der Waals surface area contributed by atoms with Gasteiger partial charge in [-0.15, -0.1) is 0 Å². The number of aryl methyl sites for hydroxylation is 1. The van der Waals surface area contributed by atoms with E-state index < -0.39 is 0 Å². The summed E-state index contributed by atoms with van der Waals surface area (Å²) in [6.07, 6.45) is 8.19. The quantitative estimate of drug-likeness (QED) is 0.814. The van der Waals surface area contributed by atoms with Crippen molar-refractivity contribution in [2.24, 2.45) is 5.92 Å². The van der Waals surface area contributed by atoms with Crippen LogP contribution >= 0.6 is 0 Å². The van der Waals surface area contributed by atoms with E-state index in [0.29, 0.717) is 18.6 Å². The maximum absolute atomic E-state index is 12.9. The molecule has 0 unspecified atom stereocenters. The first-order valence-corrected chi connectivity index (χ1v) is 10.7. The Morgan fingerprint density at radius 1 is 1.25 bits per heavy atom. The molecule has 3 rings (SSSR count). The van der Waals surface area contributed by atoms with Crippen molar-refractivity contribution in [3.8, 4) is 0 Å². The van der Waals surface area contributed by atoms with Crippen LogP contribution in [0.5, 0.6) is 0 Å². The van der Waals surface area contributed by atoms with E-state index in [1.807, 2.05) is 11.8 Å². The lowest BCUT2D eigenvalue weighted by Crippen LogP contribution is -2.51. The van der Waals surface area contributed by atoms with Gasteiger partial charge in [0.15, 0.2) is 0 Å². The summed E-state index contributed by atoms with van der Waals surface area (Å²) >= 11 is 0. The zero-order chi connectivity index (χ0) is 19.9. The average molecular weight is 388 g/mol. The van der Waals surface area contributed by atoms with Gasteiger partial charge in [-0.3, -0.25) is 14.6 Å². The summed E-state index contributed by atoms with van der Waals surface area (Å²) in [6.45, 7) is 6.33. The van der Waals surface area contributed by atoms with E-state index in [1.54, 1.807) is 18.3 Å². The van der Waals surface area contributed by atoms with Crippen molar-refractivity contribution < 1.29 is 14.3 Å². The molecule has 0 radical (unpaired) electrons. The molecule has 0 bridgehead atoms. The molecule has 2 fully saturated rings. The Bertz CT molecular complexity index is 673. The third-order valence-electron chi connectivity index (χ3n) is 5.91. The fourth-order valence-electron chi connectivity index (χ4n) is 4.31. The van der Waals surface area contributed by atoms with Gasteiger partial charge in [-0.2, -0.15) is 0 Å². The molecule has 2 aliphatic rings. The SMILES string of the molecule is CCCO[C@@H]1C[C@@H](C(=O)N2CCCCC2)CC[C@H]1NC(=O)c1cccnc1C. The fourth-order valence-corrected chi connectivity index (χ4v) is 4.31. The maximum Gasteiger partial charge on any atom is 0.253 e. The first-order valence-electron chi connectivity index (χ1n) is 10.7. The lowest BCUT2D eigenvalue weighted by Gasteiger charge is -2.38. The first kappa shape index (κ1) is 20.8. The van der Waals surface area contributed by atoms with Crippen molar-refractivity contribution >= 4 is 11.8 Å². The van der Waals surface area contributed by atoms with Gasteiger partial charge in [-0.1, -0.05) is 6.92 Å². The smallest absolute Gasteiger partial charge is 0.253 e. The number of nitrogens with zero attached hydrogens (tertiary/aromatic N) is 2. The minimum Gasteiger partial charge on any atom is -0.376 e. The Balaban J connectivity index is 1.64. The van der Waals surface area contributed by atoms with Gasteiger partial charge in [-0.25, -0.2) is 0 Å². The highest BCUT2D eigenvalue weighted by Gasteiger charge is 2.37. The van der Waals surface area contributed by atoms with Gasteiger partial charge in [0.2, 0.25) is 5.91 Å². The van der Waals surface area contributed by atoms with Crippen molar-refractivity contribution in [3.63, 3.8) is 0 Å². The van der Waals surface area contributed by atoms with Crippen LogP contribution in [0.1, 0.15) is 67.9 Å². The standard InChI is InChI=1S/C22H33N3O3/c1-3-14-28-20-15-17(22(27)25-12-5-4-6-13-25)9-10-19(20)24-21(26)18-8-7-11-23-16(18)2/h7-8,11,17,19-20H,3-6,9-10,12-15H2,1-2H3,(H,24,26)/t17-,19+,20+/m0/s1. The van der Waals surface area contributed by atoms with E-state index >= 15 is 0 Å². The number of ether oxygens (including phenoxy) is 1. The largest absolute Gasteiger partial charge is 0.376 e. The predicted molar refractivity (Wildman–Crippen MR) is 108 cm³/mol. The van der Waals surface area contributed by atoms with E-state index in [4.69, 9.17) is 4.74 Å². The highest BCUT2D eigenvalue weighted by atomic mass is 16.5. The summed E-state index contributed by atoms with van der Waals surface area (Å²) in [4.78, 5) is 31.9. The Morgan fingerprint density at radius 2 is 2.04 bits per heavy atom. The van der Waals surface area contributed by atoms with Gasteiger partial charge in [0.1, 0.15) is 0 Å². The molecule has 28 heavy (non-hydrogen) atoms. The topological polar surface area (TPSA) is 71.5 Å². The molecule has 0 spiro atoms. The second-order valence-electron chi connectivity index (χ2n) is 8.02. The van der Waals surface area contributed by atoms with Crippen LogP contribution in [0, 0.1) is 12.8 Å². The number of carbonyl (C=O) groups excluding carboxylic acids is 2. The van der Waals surface area contributed by atoms with Crippen LogP contribution < -0.4 is 5.32 Å². The van der Waals surface area contributed by atoms with Gasteiger partial charge in [-0.05, 0) is 64.0 Å². The Hall–Kier alpha value is -1.95. The Kier molecular flexibility index (Phi) is 7.43. The fraction of sp³-hybridized carbons (Fsp3) is 0.682. The number of hydrogen-bond acceptors (Lipinski definition) is 4. The zero-order valence-corrected chi connectivity index (χ0v) is 17.2. The van der Waals surface area contributed by atoms with E-state index in [9.17, 15) is 9.59 Å². The molecule has 1 aliphatic carbocycles. The van der Waals surface area contributed by atoms with Crippen molar-refractivity contribution in [1.82, 2.24) is 15.2 Å². The second kappa shape index (κ2) is 10.0. The third-order valence-corrected chi connectivity index (χ3v) is 5.91.